The molecule has 0 saturated heterocycles. The van der Waals surface area contributed by atoms with Crippen LogP contribution in [0.25, 0.3) is 5.69 Å². The van der Waals surface area contributed by atoms with Crippen LogP contribution in [0, 0.1) is 6.92 Å². The molecule has 0 aliphatic carbocycles. The van der Waals surface area contributed by atoms with Crippen LogP contribution in [-0.2, 0) is 21.4 Å². The molecular weight excluding hydrogens is 384 g/mol. The fourth-order valence-corrected chi connectivity index (χ4v) is 2.91. The first-order chi connectivity index (χ1) is 14.2. The molecule has 3 aromatic rings. The number of carbonyl (C=O) groups excluding carboxylic acids is 2. The maximum absolute atomic E-state index is 12.5. The summed E-state index contributed by atoms with van der Waals surface area (Å²) in [6, 6.07) is 11.3. The zero-order valence-electron chi connectivity index (χ0n) is 17.9. The Balaban J connectivity index is 1.75. The average Bonchev–Trinajstić information content (AvgIpc) is 3.30. The van der Waals surface area contributed by atoms with E-state index in [0.717, 1.165) is 11.4 Å². The van der Waals surface area contributed by atoms with Crippen LogP contribution in [0.1, 0.15) is 55.2 Å². The lowest BCUT2D eigenvalue weighted by atomic mass is 9.92. The van der Waals surface area contributed by atoms with Gasteiger partial charge in [0.25, 0.3) is 5.91 Å². The number of ether oxygens (including phenoxy) is 1. The Hall–Kier alpha value is -3.42. The highest BCUT2D eigenvalue weighted by Crippen LogP contribution is 2.26. The number of para-hydroxylation sites is 1. The van der Waals surface area contributed by atoms with Crippen LogP contribution >= 0.6 is 0 Å². The van der Waals surface area contributed by atoms with E-state index in [1.54, 1.807) is 11.6 Å². The van der Waals surface area contributed by atoms with Gasteiger partial charge in [-0.1, -0.05) is 51.1 Å². The minimum atomic E-state index is -0.632. The molecule has 0 aliphatic rings. The highest BCUT2D eigenvalue weighted by Gasteiger charge is 2.23. The second kappa shape index (κ2) is 8.52. The van der Waals surface area contributed by atoms with Crippen molar-refractivity contribution in [2.24, 2.45) is 0 Å². The topological polar surface area (TPSA) is 99.2 Å². The Labute approximate surface area is 175 Å². The predicted molar refractivity (Wildman–Crippen MR) is 112 cm³/mol. The van der Waals surface area contributed by atoms with Crippen molar-refractivity contribution >= 4 is 17.7 Å². The minimum absolute atomic E-state index is 0.200. The zero-order valence-corrected chi connectivity index (χ0v) is 17.9. The van der Waals surface area contributed by atoms with Crippen molar-refractivity contribution in [2.75, 3.05) is 11.9 Å². The van der Waals surface area contributed by atoms with E-state index < -0.39 is 18.5 Å². The molecule has 158 valence electrons. The quantitative estimate of drug-likeness (QED) is 0.620. The Morgan fingerprint density at radius 3 is 2.53 bits per heavy atom. The number of esters is 1. The summed E-state index contributed by atoms with van der Waals surface area (Å²) in [7, 11) is 0. The number of nitrogens with zero attached hydrogens (tertiary/aromatic N) is 3. The first-order valence-corrected chi connectivity index (χ1v) is 9.78. The average molecular weight is 410 g/mol. The number of rotatable bonds is 6. The van der Waals surface area contributed by atoms with Gasteiger partial charge in [0.15, 0.2) is 6.61 Å². The third-order valence-electron chi connectivity index (χ3n) is 4.55. The smallest absolute Gasteiger partial charge is 0.344 e. The number of benzene rings is 1. The summed E-state index contributed by atoms with van der Waals surface area (Å²) < 4.78 is 11.9. The molecule has 0 saturated carbocycles. The summed E-state index contributed by atoms with van der Waals surface area (Å²) >= 11 is 0. The summed E-state index contributed by atoms with van der Waals surface area (Å²) in [5.41, 5.74) is 2.22. The maximum atomic E-state index is 12.5. The molecule has 2 aromatic heterocycles. The minimum Gasteiger partial charge on any atom is -0.452 e. The van der Waals surface area contributed by atoms with Gasteiger partial charge in [0.2, 0.25) is 0 Å². The van der Waals surface area contributed by atoms with E-state index in [4.69, 9.17) is 9.26 Å². The van der Waals surface area contributed by atoms with E-state index in [9.17, 15) is 9.59 Å². The molecule has 30 heavy (non-hydrogen) atoms. The zero-order chi connectivity index (χ0) is 21.9. The van der Waals surface area contributed by atoms with Gasteiger partial charge in [-0.05, 0) is 25.5 Å². The molecule has 0 atom stereocenters. The lowest BCUT2D eigenvalue weighted by Gasteiger charge is -2.14. The fourth-order valence-electron chi connectivity index (χ4n) is 2.91. The van der Waals surface area contributed by atoms with Crippen LogP contribution < -0.4 is 5.32 Å². The van der Waals surface area contributed by atoms with Crippen LogP contribution in [0.2, 0.25) is 0 Å². The first-order valence-electron chi connectivity index (χ1n) is 9.78. The Morgan fingerprint density at radius 2 is 1.90 bits per heavy atom. The number of aryl methyl sites for hydroxylation is 2. The lowest BCUT2D eigenvalue weighted by molar-refractivity contribution is -0.119. The Morgan fingerprint density at radius 1 is 1.20 bits per heavy atom. The summed E-state index contributed by atoms with van der Waals surface area (Å²) in [6.07, 6.45) is 0.528. The number of anilines is 1. The van der Waals surface area contributed by atoms with Crippen molar-refractivity contribution in [3.05, 3.63) is 59.1 Å². The van der Waals surface area contributed by atoms with E-state index in [2.05, 4.69) is 15.6 Å². The molecule has 0 spiro atoms. The van der Waals surface area contributed by atoms with Crippen LogP contribution in [0.3, 0.4) is 0 Å². The van der Waals surface area contributed by atoms with Crippen molar-refractivity contribution in [1.29, 1.82) is 0 Å². The SMILES string of the molecule is CCc1noc(C)c1C(=O)OCC(=O)Nc1cc(C(C)(C)C)nn1-c1ccccc1. The number of amides is 1. The highest BCUT2D eigenvalue weighted by molar-refractivity contribution is 5.96. The lowest BCUT2D eigenvalue weighted by Crippen LogP contribution is -2.22. The third kappa shape index (κ3) is 4.59. The molecule has 8 nitrogen and oxygen atoms in total. The summed E-state index contributed by atoms with van der Waals surface area (Å²) in [5.74, 6) is -0.224. The van der Waals surface area contributed by atoms with Gasteiger partial charge in [0.05, 0.1) is 17.1 Å². The van der Waals surface area contributed by atoms with Crippen molar-refractivity contribution in [2.45, 2.75) is 46.5 Å². The largest absolute Gasteiger partial charge is 0.452 e. The first kappa shape index (κ1) is 21.3. The van der Waals surface area contributed by atoms with E-state index >= 15 is 0 Å². The van der Waals surface area contributed by atoms with Gasteiger partial charge in [0.1, 0.15) is 17.1 Å². The molecule has 0 radical (unpaired) electrons. The normalized spacial score (nSPS) is 11.4. The van der Waals surface area contributed by atoms with Gasteiger partial charge in [0, 0.05) is 11.5 Å². The molecule has 8 heteroatoms. The number of aromatic nitrogens is 3. The fraction of sp³-hybridized carbons (Fsp3) is 0.364. The molecule has 1 N–H and O–H groups in total. The van der Waals surface area contributed by atoms with Crippen molar-refractivity contribution < 1.29 is 18.8 Å². The molecule has 1 aromatic carbocycles. The van der Waals surface area contributed by atoms with Gasteiger partial charge in [-0.3, -0.25) is 4.79 Å². The highest BCUT2D eigenvalue weighted by atomic mass is 16.5. The van der Waals surface area contributed by atoms with Gasteiger partial charge in [-0.25, -0.2) is 9.48 Å². The van der Waals surface area contributed by atoms with E-state index in [0.29, 0.717) is 23.7 Å². The standard InChI is InChI=1S/C22H26N4O4/c1-6-16-20(14(2)30-25-16)21(28)29-13-19(27)23-18-12-17(22(3,4)5)24-26(18)15-10-8-7-9-11-15/h7-12H,6,13H2,1-5H3,(H,23,27). The van der Waals surface area contributed by atoms with Gasteiger partial charge >= 0.3 is 5.97 Å². The molecule has 2 heterocycles. The van der Waals surface area contributed by atoms with Crippen LogP contribution in [-0.4, -0.2) is 33.4 Å². The van der Waals surface area contributed by atoms with E-state index in [1.807, 2.05) is 64.1 Å². The second-order valence-corrected chi connectivity index (χ2v) is 7.95. The maximum Gasteiger partial charge on any atom is 0.344 e. The Kier molecular flexibility index (Phi) is 6.05. The predicted octanol–water partition coefficient (Wildman–Crippen LogP) is 3.82. The second-order valence-electron chi connectivity index (χ2n) is 7.95. The van der Waals surface area contributed by atoms with Gasteiger partial charge < -0.3 is 14.6 Å². The Bertz CT molecular complexity index is 1050. The number of nitrogens with one attached hydrogen (secondary N) is 1. The van der Waals surface area contributed by atoms with Gasteiger partial charge in [-0.2, -0.15) is 5.10 Å². The summed E-state index contributed by atoms with van der Waals surface area (Å²) in [5, 5.41) is 11.3. The summed E-state index contributed by atoms with van der Waals surface area (Å²) in [6.45, 7) is 9.20. The molecular formula is C22H26N4O4. The molecule has 0 unspecified atom stereocenters. The molecule has 0 aliphatic heterocycles. The third-order valence-corrected chi connectivity index (χ3v) is 4.55. The monoisotopic (exact) mass is 410 g/mol. The van der Waals surface area contributed by atoms with Crippen LogP contribution in [0.15, 0.2) is 40.9 Å². The number of carbonyl (C=O) groups is 2. The molecule has 1 amide bonds. The molecule has 3 rings (SSSR count). The number of hydrogen-bond acceptors (Lipinski definition) is 6. The van der Waals surface area contributed by atoms with Crippen molar-refractivity contribution in [3.8, 4) is 5.69 Å². The van der Waals surface area contributed by atoms with E-state index in [1.165, 1.54) is 0 Å². The van der Waals surface area contributed by atoms with Gasteiger partial charge in [-0.15, -0.1) is 0 Å². The van der Waals surface area contributed by atoms with E-state index in [-0.39, 0.29) is 11.0 Å². The molecule has 0 bridgehead atoms. The summed E-state index contributed by atoms with van der Waals surface area (Å²) in [4.78, 5) is 24.9. The molecule has 0 fully saturated rings. The van der Waals surface area contributed by atoms with Crippen molar-refractivity contribution in [3.63, 3.8) is 0 Å². The number of hydrogen-bond donors (Lipinski definition) is 1. The van der Waals surface area contributed by atoms with Crippen LogP contribution in [0.4, 0.5) is 5.82 Å². The van der Waals surface area contributed by atoms with Crippen molar-refractivity contribution in [1.82, 2.24) is 14.9 Å². The van der Waals surface area contributed by atoms with Crippen LogP contribution in [0.5, 0.6) is 0 Å².